The third-order valence-corrected chi connectivity index (χ3v) is 0.503. The second kappa shape index (κ2) is 9.53. The van der Waals surface area contributed by atoms with Crippen LogP contribution in [0, 0.1) is 0 Å². The Morgan fingerprint density at radius 1 is 1.71 bits per heavy atom. The first-order chi connectivity index (χ1) is 2.91. The van der Waals surface area contributed by atoms with Crippen LogP contribution in [0.5, 0.6) is 0 Å². The highest BCUT2D eigenvalue weighted by molar-refractivity contribution is 6.25. The van der Waals surface area contributed by atoms with Gasteiger partial charge in [0.1, 0.15) is 0 Å². The summed E-state index contributed by atoms with van der Waals surface area (Å²) in [6, 6.07) is 0. The molecule has 0 rings (SSSR count). The van der Waals surface area contributed by atoms with Gasteiger partial charge in [-0.2, -0.15) is 0 Å². The van der Waals surface area contributed by atoms with E-state index in [2.05, 4.69) is 5.43 Å². The Kier molecular flexibility index (Phi) is 14.0. The number of halogens is 2. The summed E-state index contributed by atoms with van der Waals surface area (Å²) in [6.07, 6.45) is 1.71. The summed E-state index contributed by atoms with van der Waals surface area (Å²) in [5.41, 5.74) is 3.81. The number of rotatable bonds is 2. The van der Waals surface area contributed by atoms with E-state index in [1.165, 1.54) is 5.54 Å². The molecule has 0 heterocycles. The second-order valence-electron chi connectivity index (χ2n) is 0.770. The Morgan fingerprint density at radius 3 is 2.43 bits per heavy atom. The molecule has 7 heavy (non-hydrogen) atoms. The molecule has 2 nitrogen and oxygen atoms in total. The lowest BCUT2D eigenvalue weighted by molar-refractivity contribution is 0.824. The largest absolute Gasteiger partial charge is 0.271 e. The molecule has 3 N–H and O–H groups in total. The highest BCUT2D eigenvalue weighted by Gasteiger charge is 1.62. The lowest BCUT2D eigenvalue weighted by Crippen LogP contribution is -2.21. The molecule has 0 radical (unpaired) electrons. The van der Waals surface area contributed by atoms with E-state index in [9.17, 15) is 0 Å². The van der Waals surface area contributed by atoms with Crippen molar-refractivity contribution in [3.05, 3.63) is 11.6 Å². The molecule has 0 saturated heterocycles. The lowest BCUT2D eigenvalue weighted by Gasteiger charge is -1.81. The Bertz CT molecular complexity index is 46.2. The molecule has 0 amide bonds. The number of hydrogen-bond acceptors (Lipinski definition) is 2. The monoisotopic (exact) mass is 142 g/mol. The molecular formula is C3H8Cl2N2. The number of hydrazine groups is 1. The third-order valence-electron chi connectivity index (χ3n) is 0.325. The molecule has 0 spiro atoms. The zero-order valence-electron chi connectivity index (χ0n) is 3.73. The molecular weight excluding hydrogens is 135 g/mol. The molecule has 0 atom stereocenters. The normalized spacial score (nSPS) is 8.86. The zero-order chi connectivity index (χ0) is 4.83. The standard InChI is InChI=1S/C3H7ClN2.ClH/c4-2-1-3-6-5;/h1-2,6H,3,5H2;1H. The first kappa shape index (κ1) is 10.3. The Labute approximate surface area is 54.1 Å². The third kappa shape index (κ3) is 10.7. The first-order valence-electron chi connectivity index (χ1n) is 1.60. The SMILES string of the molecule is Cl.NNCC=CCl. The van der Waals surface area contributed by atoms with Gasteiger partial charge in [-0.05, 0) is 0 Å². The van der Waals surface area contributed by atoms with Gasteiger partial charge in [-0.15, -0.1) is 12.4 Å². The summed E-state index contributed by atoms with van der Waals surface area (Å²) in [4.78, 5) is 0. The van der Waals surface area contributed by atoms with E-state index in [0.717, 1.165) is 0 Å². The minimum Gasteiger partial charge on any atom is -0.271 e. The van der Waals surface area contributed by atoms with Gasteiger partial charge >= 0.3 is 0 Å². The maximum absolute atomic E-state index is 5.10. The van der Waals surface area contributed by atoms with Gasteiger partial charge in [-0.1, -0.05) is 17.7 Å². The van der Waals surface area contributed by atoms with E-state index in [4.69, 9.17) is 17.4 Å². The fourth-order valence-corrected chi connectivity index (χ4v) is 0.202. The van der Waals surface area contributed by atoms with Crippen molar-refractivity contribution in [3.8, 4) is 0 Å². The molecule has 0 saturated carbocycles. The van der Waals surface area contributed by atoms with Gasteiger partial charge in [0.05, 0.1) is 0 Å². The summed E-state index contributed by atoms with van der Waals surface area (Å²) >= 11 is 5.10. The van der Waals surface area contributed by atoms with Crippen molar-refractivity contribution in [1.29, 1.82) is 0 Å². The van der Waals surface area contributed by atoms with Crippen LogP contribution < -0.4 is 11.3 Å². The average molecular weight is 143 g/mol. The van der Waals surface area contributed by atoms with Gasteiger partial charge in [-0.25, -0.2) is 0 Å². The van der Waals surface area contributed by atoms with Crippen molar-refractivity contribution in [2.24, 2.45) is 5.84 Å². The van der Waals surface area contributed by atoms with Gasteiger partial charge in [0, 0.05) is 12.1 Å². The summed E-state index contributed by atoms with van der Waals surface area (Å²) in [7, 11) is 0. The molecule has 0 aromatic heterocycles. The Hall–Kier alpha value is 0.240. The smallest absolute Gasteiger partial charge is 0.0290 e. The van der Waals surface area contributed by atoms with Crippen molar-refractivity contribution in [2.75, 3.05) is 6.54 Å². The molecule has 0 aliphatic carbocycles. The van der Waals surface area contributed by atoms with E-state index in [1.54, 1.807) is 6.08 Å². The van der Waals surface area contributed by atoms with Crippen molar-refractivity contribution in [2.45, 2.75) is 0 Å². The second-order valence-corrected chi connectivity index (χ2v) is 1.02. The molecule has 0 aromatic rings. The van der Waals surface area contributed by atoms with Gasteiger partial charge < -0.3 is 0 Å². The van der Waals surface area contributed by atoms with E-state index >= 15 is 0 Å². The van der Waals surface area contributed by atoms with Crippen molar-refractivity contribution < 1.29 is 0 Å². The van der Waals surface area contributed by atoms with Crippen LogP contribution in [0.4, 0.5) is 0 Å². The summed E-state index contributed by atoms with van der Waals surface area (Å²) < 4.78 is 0. The minimum absolute atomic E-state index is 0. The van der Waals surface area contributed by atoms with Crippen molar-refractivity contribution >= 4 is 24.0 Å². The molecule has 44 valence electrons. The van der Waals surface area contributed by atoms with Gasteiger partial charge in [0.15, 0.2) is 0 Å². The minimum atomic E-state index is 0. The zero-order valence-corrected chi connectivity index (χ0v) is 5.30. The number of hydrogen-bond donors (Lipinski definition) is 2. The fraction of sp³-hybridized carbons (Fsp3) is 0.333. The number of nitrogens with two attached hydrogens (primary N) is 1. The van der Waals surface area contributed by atoms with Gasteiger partial charge in [0.2, 0.25) is 0 Å². The Balaban J connectivity index is 0. The molecule has 0 fully saturated rings. The van der Waals surface area contributed by atoms with Gasteiger partial charge in [-0.3, -0.25) is 11.3 Å². The first-order valence-corrected chi connectivity index (χ1v) is 2.04. The highest BCUT2D eigenvalue weighted by atomic mass is 35.5. The van der Waals surface area contributed by atoms with E-state index in [0.29, 0.717) is 6.54 Å². The quantitative estimate of drug-likeness (QED) is 0.439. The topological polar surface area (TPSA) is 38.0 Å². The molecule has 0 aliphatic rings. The highest BCUT2D eigenvalue weighted by Crippen LogP contribution is 1.72. The van der Waals surface area contributed by atoms with Crippen molar-refractivity contribution in [1.82, 2.24) is 5.43 Å². The van der Waals surface area contributed by atoms with Crippen LogP contribution in [0.3, 0.4) is 0 Å². The predicted octanol–water partition coefficient (Wildman–Crippen LogP) is 0.624. The van der Waals surface area contributed by atoms with Crippen LogP contribution >= 0.6 is 24.0 Å². The van der Waals surface area contributed by atoms with Crippen LogP contribution in [0.25, 0.3) is 0 Å². The lowest BCUT2D eigenvalue weighted by atomic mass is 10.7. The maximum atomic E-state index is 5.10. The average Bonchev–Trinajstić information content (AvgIpc) is 1.61. The predicted molar refractivity (Wildman–Crippen MR) is 34.4 cm³/mol. The molecule has 0 unspecified atom stereocenters. The summed E-state index contributed by atoms with van der Waals surface area (Å²) in [5, 5.41) is 0. The van der Waals surface area contributed by atoms with Crippen LogP contribution in [0.15, 0.2) is 11.6 Å². The van der Waals surface area contributed by atoms with E-state index in [-0.39, 0.29) is 12.4 Å². The van der Waals surface area contributed by atoms with Crippen molar-refractivity contribution in [3.63, 3.8) is 0 Å². The summed E-state index contributed by atoms with van der Waals surface area (Å²) in [5.74, 6) is 4.85. The van der Waals surface area contributed by atoms with Crippen LogP contribution in [0.1, 0.15) is 0 Å². The van der Waals surface area contributed by atoms with Gasteiger partial charge in [0.25, 0.3) is 0 Å². The van der Waals surface area contributed by atoms with Crippen LogP contribution in [-0.2, 0) is 0 Å². The van der Waals surface area contributed by atoms with Crippen LogP contribution in [-0.4, -0.2) is 6.54 Å². The van der Waals surface area contributed by atoms with E-state index in [1.807, 2.05) is 0 Å². The maximum Gasteiger partial charge on any atom is 0.0290 e. The molecule has 0 aliphatic heterocycles. The van der Waals surface area contributed by atoms with E-state index < -0.39 is 0 Å². The molecule has 0 aromatic carbocycles. The number of nitrogens with one attached hydrogen (secondary N) is 1. The molecule has 0 bridgehead atoms. The van der Waals surface area contributed by atoms with Crippen LogP contribution in [0.2, 0.25) is 0 Å². The Morgan fingerprint density at radius 2 is 2.29 bits per heavy atom. The fourth-order valence-electron chi connectivity index (χ4n) is 0.113. The summed E-state index contributed by atoms with van der Waals surface area (Å²) in [6.45, 7) is 0.628. The molecule has 4 heteroatoms.